The zero-order valence-electron chi connectivity index (χ0n) is 17.8. The van der Waals surface area contributed by atoms with Crippen molar-refractivity contribution in [2.24, 2.45) is 0 Å². The van der Waals surface area contributed by atoms with Gasteiger partial charge in [0.15, 0.2) is 5.13 Å². The summed E-state index contributed by atoms with van der Waals surface area (Å²) in [6.45, 7) is 5.14. The Morgan fingerprint density at radius 2 is 2.10 bits per heavy atom. The number of nitrogens with zero attached hydrogens (tertiary/aromatic N) is 3. The lowest BCUT2D eigenvalue weighted by Gasteiger charge is -2.32. The first-order valence-corrected chi connectivity index (χ1v) is 11.0. The van der Waals surface area contributed by atoms with Crippen molar-refractivity contribution >= 4 is 22.4 Å². The van der Waals surface area contributed by atoms with Crippen LogP contribution in [0.2, 0.25) is 0 Å². The Hall–Kier alpha value is -2.84. The molecular formula is C23H25FN4O2S. The fraction of sp³-hybridized carbons (Fsp3) is 0.348. The summed E-state index contributed by atoms with van der Waals surface area (Å²) in [6, 6.07) is 10.7. The molecular weight excluding hydrogens is 415 g/mol. The van der Waals surface area contributed by atoms with Crippen molar-refractivity contribution in [1.29, 1.82) is 0 Å². The number of benzene rings is 1. The minimum absolute atomic E-state index is 0.0379. The Kier molecular flexibility index (Phi) is 6.29. The van der Waals surface area contributed by atoms with E-state index in [0.29, 0.717) is 36.6 Å². The second-order valence-electron chi connectivity index (χ2n) is 7.60. The molecule has 2 aromatic heterocycles. The van der Waals surface area contributed by atoms with Crippen molar-refractivity contribution in [3.8, 4) is 0 Å². The standard InChI is InChI=1S/C23H25FN4O2S/c1-14-10-16(11-17-6-4-5-7-18(17)24)12-19(26-14)20-13-28(8-9-30-20)22(29)21-15(2)27-23(25-3)31-21/h4-7,10,12,20H,8-9,11,13H2,1-3H3,(H,25,27)/t20-/m1/s1. The molecule has 0 aliphatic carbocycles. The molecule has 1 aliphatic heterocycles. The van der Waals surface area contributed by atoms with Gasteiger partial charge in [0.25, 0.3) is 5.91 Å². The number of amides is 1. The van der Waals surface area contributed by atoms with E-state index in [1.54, 1.807) is 24.1 Å². The maximum Gasteiger partial charge on any atom is 0.266 e. The van der Waals surface area contributed by atoms with E-state index in [1.165, 1.54) is 17.4 Å². The van der Waals surface area contributed by atoms with E-state index < -0.39 is 0 Å². The number of aryl methyl sites for hydroxylation is 2. The molecule has 1 saturated heterocycles. The number of rotatable bonds is 5. The van der Waals surface area contributed by atoms with E-state index in [4.69, 9.17) is 4.74 Å². The van der Waals surface area contributed by atoms with Crippen molar-refractivity contribution in [1.82, 2.24) is 14.9 Å². The minimum Gasteiger partial charge on any atom is -0.368 e. The van der Waals surface area contributed by atoms with Crippen LogP contribution in [-0.4, -0.2) is 47.5 Å². The van der Waals surface area contributed by atoms with Gasteiger partial charge in [0.1, 0.15) is 16.8 Å². The van der Waals surface area contributed by atoms with Crippen LogP contribution in [0.25, 0.3) is 0 Å². The van der Waals surface area contributed by atoms with E-state index in [0.717, 1.165) is 27.8 Å². The van der Waals surface area contributed by atoms with Gasteiger partial charge in [-0.25, -0.2) is 9.37 Å². The van der Waals surface area contributed by atoms with Gasteiger partial charge in [0.2, 0.25) is 0 Å². The highest BCUT2D eigenvalue weighted by Crippen LogP contribution is 2.28. The van der Waals surface area contributed by atoms with Crippen LogP contribution < -0.4 is 5.32 Å². The molecule has 1 aliphatic rings. The quantitative estimate of drug-likeness (QED) is 0.646. The third-order valence-corrected chi connectivity index (χ3v) is 6.44. The molecule has 162 valence electrons. The Balaban J connectivity index is 1.54. The lowest BCUT2D eigenvalue weighted by Crippen LogP contribution is -2.42. The molecule has 1 N–H and O–H groups in total. The number of hydrogen-bond donors (Lipinski definition) is 1. The molecule has 6 nitrogen and oxygen atoms in total. The second-order valence-corrected chi connectivity index (χ2v) is 8.60. The van der Waals surface area contributed by atoms with Crippen molar-refractivity contribution in [3.05, 3.63) is 75.3 Å². The largest absolute Gasteiger partial charge is 0.368 e. The average Bonchev–Trinajstić information content (AvgIpc) is 3.15. The molecule has 0 unspecified atom stereocenters. The lowest BCUT2D eigenvalue weighted by atomic mass is 10.0. The highest BCUT2D eigenvalue weighted by Gasteiger charge is 2.29. The van der Waals surface area contributed by atoms with Crippen LogP contribution in [0.3, 0.4) is 0 Å². The van der Waals surface area contributed by atoms with Crippen LogP contribution in [0, 0.1) is 19.7 Å². The molecule has 3 heterocycles. The van der Waals surface area contributed by atoms with Crippen molar-refractivity contribution < 1.29 is 13.9 Å². The minimum atomic E-state index is -0.325. The van der Waals surface area contributed by atoms with Gasteiger partial charge in [-0.05, 0) is 43.2 Å². The number of carbonyl (C=O) groups excluding carboxylic acids is 1. The van der Waals surface area contributed by atoms with E-state index >= 15 is 0 Å². The summed E-state index contributed by atoms with van der Waals surface area (Å²) in [4.78, 5) is 24.6. The van der Waals surface area contributed by atoms with Gasteiger partial charge in [-0.2, -0.15) is 0 Å². The SMILES string of the molecule is CNc1nc(C)c(C(=O)N2CCO[C@@H](c3cc(Cc4ccccc4F)cc(C)n3)C2)s1. The van der Waals surface area contributed by atoms with Gasteiger partial charge in [-0.3, -0.25) is 9.78 Å². The summed E-state index contributed by atoms with van der Waals surface area (Å²) in [5.41, 5.74) is 3.94. The number of morpholine rings is 1. The Labute approximate surface area is 185 Å². The Morgan fingerprint density at radius 1 is 1.29 bits per heavy atom. The summed E-state index contributed by atoms with van der Waals surface area (Å²) in [6.07, 6.45) is 0.152. The number of pyridine rings is 1. The van der Waals surface area contributed by atoms with Crippen LogP contribution in [0.5, 0.6) is 0 Å². The van der Waals surface area contributed by atoms with Gasteiger partial charge in [0, 0.05) is 25.7 Å². The summed E-state index contributed by atoms with van der Waals surface area (Å²) < 4.78 is 20.1. The van der Waals surface area contributed by atoms with E-state index in [9.17, 15) is 9.18 Å². The van der Waals surface area contributed by atoms with Crippen LogP contribution in [0.1, 0.15) is 44.0 Å². The molecule has 31 heavy (non-hydrogen) atoms. The Bertz CT molecular complexity index is 1100. The molecule has 0 spiro atoms. The summed E-state index contributed by atoms with van der Waals surface area (Å²) in [5, 5.41) is 3.72. The average molecular weight is 441 g/mol. The number of thiazole rings is 1. The second kappa shape index (κ2) is 9.11. The highest BCUT2D eigenvalue weighted by molar-refractivity contribution is 7.17. The molecule has 3 aromatic rings. The number of hydrogen-bond acceptors (Lipinski definition) is 6. The molecule has 1 atom stereocenters. The van der Waals surface area contributed by atoms with E-state index in [2.05, 4.69) is 15.3 Å². The summed E-state index contributed by atoms with van der Waals surface area (Å²) in [5.74, 6) is -0.255. The molecule has 1 fully saturated rings. The van der Waals surface area contributed by atoms with Crippen LogP contribution in [-0.2, 0) is 11.2 Å². The van der Waals surface area contributed by atoms with Crippen molar-refractivity contribution in [2.45, 2.75) is 26.4 Å². The molecule has 0 saturated carbocycles. The van der Waals surface area contributed by atoms with E-state index in [-0.39, 0.29) is 17.8 Å². The number of anilines is 1. The first-order chi connectivity index (χ1) is 14.9. The van der Waals surface area contributed by atoms with Gasteiger partial charge < -0.3 is 15.0 Å². The third-order valence-electron chi connectivity index (χ3n) is 5.27. The number of nitrogens with one attached hydrogen (secondary N) is 1. The fourth-order valence-corrected chi connectivity index (χ4v) is 4.64. The zero-order valence-corrected chi connectivity index (χ0v) is 18.6. The van der Waals surface area contributed by atoms with Crippen molar-refractivity contribution in [3.63, 3.8) is 0 Å². The Morgan fingerprint density at radius 3 is 2.84 bits per heavy atom. The lowest BCUT2D eigenvalue weighted by molar-refractivity contribution is -0.0246. The number of halogens is 1. The van der Waals surface area contributed by atoms with Gasteiger partial charge in [-0.1, -0.05) is 29.5 Å². The van der Waals surface area contributed by atoms with Crippen LogP contribution in [0.15, 0.2) is 36.4 Å². The molecule has 4 rings (SSSR count). The van der Waals surface area contributed by atoms with Gasteiger partial charge in [-0.15, -0.1) is 0 Å². The van der Waals surface area contributed by atoms with Gasteiger partial charge >= 0.3 is 0 Å². The third kappa shape index (κ3) is 4.75. The summed E-state index contributed by atoms with van der Waals surface area (Å²) >= 11 is 1.36. The maximum atomic E-state index is 14.1. The monoisotopic (exact) mass is 440 g/mol. The number of aromatic nitrogens is 2. The number of carbonyl (C=O) groups is 1. The molecule has 0 bridgehead atoms. The van der Waals surface area contributed by atoms with E-state index in [1.807, 2.05) is 32.0 Å². The van der Waals surface area contributed by atoms with Gasteiger partial charge in [0.05, 0.1) is 24.5 Å². The topological polar surface area (TPSA) is 67.4 Å². The normalized spacial score (nSPS) is 16.4. The fourth-order valence-electron chi connectivity index (χ4n) is 3.75. The molecule has 1 aromatic carbocycles. The maximum absolute atomic E-state index is 14.1. The predicted molar refractivity (Wildman–Crippen MR) is 119 cm³/mol. The smallest absolute Gasteiger partial charge is 0.266 e. The van der Waals surface area contributed by atoms with Crippen LogP contribution >= 0.6 is 11.3 Å². The van der Waals surface area contributed by atoms with Crippen LogP contribution in [0.4, 0.5) is 9.52 Å². The highest BCUT2D eigenvalue weighted by atomic mass is 32.1. The molecule has 8 heteroatoms. The predicted octanol–water partition coefficient (Wildman–Crippen LogP) is 4.14. The summed E-state index contributed by atoms with van der Waals surface area (Å²) in [7, 11) is 1.79. The molecule has 0 radical (unpaired) electrons. The first-order valence-electron chi connectivity index (χ1n) is 10.2. The first kappa shape index (κ1) is 21.4. The number of ether oxygens (including phenoxy) is 1. The molecule has 1 amide bonds. The van der Waals surface area contributed by atoms with Crippen molar-refractivity contribution in [2.75, 3.05) is 32.1 Å². The zero-order chi connectivity index (χ0) is 22.0.